The molecule has 0 bridgehead atoms. The van der Waals surface area contributed by atoms with Crippen LogP contribution in [0.1, 0.15) is 35.1 Å². The number of methoxy groups -OCH3 is 1. The number of amides is 2. The smallest absolute Gasteiger partial charge is 0.267 e. The van der Waals surface area contributed by atoms with E-state index in [1.165, 1.54) is 5.01 Å². The van der Waals surface area contributed by atoms with Gasteiger partial charge >= 0.3 is 0 Å². The van der Waals surface area contributed by atoms with E-state index >= 15 is 0 Å². The molecule has 1 aliphatic rings. The molecule has 1 aliphatic heterocycles. The fourth-order valence-electron chi connectivity index (χ4n) is 3.06. The summed E-state index contributed by atoms with van der Waals surface area (Å²) < 4.78 is 5.10. The lowest BCUT2D eigenvalue weighted by atomic mass is 10.1. The van der Waals surface area contributed by atoms with E-state index in [2.05, 4.69) is 10.4 Å². The van der Waals surface area contributed by atoms with Crippen LogP contribution < -0.4 is 10.3 Å². The second-order valence-corrected chi connectivity index (χ2v) is 6.97. The van der Waals surface area contributed by atoms with Crippen LogP contribution in [0.4, 0.5) is 5.69 Å². The van der Waals surface area contributed by atoms with E-state index in [1.807, 2.05) is 56.3 Å². The van der Waals surface area contributed by atoms with E-state index in [9.17, 15) is 9.59 Å². The van der Waals surface area contributed by atoms with Crippen LogP contribution in [0.2, 0.25) is 0 Å². The molecule has 0 atom stereocenters. The molecule has 1 heterocycles. The first-order valence-corrected chi connectivity index (χ1v) is 9.30. The van der Waals surface area contributed by atoms with Crippen LogP contribution in [0.3, 0.4) is 0 Å². The summed E-state index contributed by atoms with van der Waals surface area (Å²) in [7, 11) is 1.66. The molecule has 3 rings (SSSR count). The molecular formula is C22H25N3O3. The molecule has 0 radical (unpaired) electrons. The van der Waals surface area contributed by atoms with Crippen molar-refractivity contribution in [1.29, 1.82) is 0 Å². The van der Waals surface area contributed by atoms with Gasteiger partial charge in [0.2, 0.25) is 5.91 Å². The Morgan fingerprint density at radius 3 is 2.54 bits per heavy atom. The Labute approximate surface area is 165 Å². The van der Waals surface area contributed by atoms with Gasteiger partial charge in [0.15, 0.2) is 0 Å². The van der Waals surface area contributed by atoms with Gasteiger partial charge in [-0.2, -0.15) is 5.10 Å². The zero-order valence-corrected chi connectivity index (χ0v) is 16.5. The molecule has 146 valence electrons. The average Bonchev–Trinajstić information content (AvgIpc) is 2.70. The molecule has 2 aromatic carbocycles. The van der Waals surface area contributed by atoms with E-state index in [-0.39, 0.29) is 18.2 Å². The lowest BCUT2D eigenvalue weighted by Gasteiger charge is -2.24. The van der Waals surface area contributed by atoms with E-state index in [1.54, 1.807) is 7.11 Å². The van der Waals surface area contributed by atoms with Crippen molar-refractivity contribution in [3.63, 3.8) is 0 Å². The van der Waals surface area contributed by atoms with Crippen LogP contribution in [0, 0.1) is 13.8 Å². The number of hydrazone groups is 1. The molecule has 1 N–H and O–H groups in total. The second kappa shape index (κ2) is 8.80. The van der Waals surface area contributed by atoms with E-state index in [0.717, 1.165) is 27.9 Å². The Morgan fingerprint density at radius 1 is 1.11 bits per heavy atom. The molecule has 6 nitrogen and oxygen atoms in total. The summed E-state index contributed by atoms with van der Waals surface area (Å²) in [6, 6.07) is 13.7. The highest BCUT2D eigenvalue weighted by atomic mass is 16.5. The van der Waals surface area contributed by atoms with Crippen molar-refractivity contribution in [1.82, 2.24) is 5.32 Å². The zero-order chi connectivity index (χ0) is 20.1. The first-order valence-electron chi connectivity index (χ1n) is 9.30. The minimum atomic E-state index is -0.247. The van der Waals surface area contributed by atoms with Gasteiger partial charge in [0.1, 0.15) is 5.71 Å². The van der Waals surface area contributed by atoms with Crippen molar-refractivity contribution in [3.8, 4) is 0 Å². The lowest BCUT2D eigenvalue weighted by molar-refractivity contribution is -0.119. The summed E-state index contributed by atoms with van der Waals surface area (Å²) in [6.45, 7) is 4.86. The number of nitrogens with one attached hydrogen (secondary N) is 1. The molecule has 0 saturated carbocycles. The van der Waals surface area contributed by atoms with Crippen LogP contribution in [-0.2, 0) is 27.5 Å². The number of rotatable bonds is 6. The van der Waals surface area contributed by atoms with Gasteiger partial charge in [-0.3, -0.25) is 9.59 Å². The van der Waals surface area contributed by atoms with E-state index in [4.69, 9.17) is 4.74 Å². The van der Waals surface area contributed by atoms with E-state index < -0.39 is 0 Å². The number of hydrogen-bond donors (Lipinski definition) is 1. The number of carbonyl (C=O) groups excluding carboxylic acids is 2. The van der Waals surface area contributed by atoms with Gasteiger partial charge < -0.3 is 10.1 Å². The second-order valence-electron chi connectivity index (χ2n) is 6.97. The molecule has 28 heavy (non-hydrogen) atoms. The molecule has 2 amide bonds. The predicted molar refractivity (Wildman–Crippen MR) is 109 cm³/mol. The lowest BCUT2D eigenvalue weighted by Crippen LogP contribution is -2.39. The Hall–Kier alpha value is -2.99. The summed E-state index contributed by atoms with van der Waals surface area (Å²) in [5.41, 5.74) is 5.15. The van der Waals surface area contributed by atoms with Gasteiger partial charge in [-0.25, -0.2) is 5.01 Å². The number of aryl methyl sites for hydroxylation is 2. The summed E-state index contributed by atoms with van der Waals surface area (Å²) in [5, 5.41) is 8.61. The fourth-order valence-corrected chi connectivity index (χ4v) is 3.06. The van der Waals surface area contributed by atoms with Crippen LogP contribution in [0.5, 0.6) is 0 Å². The maximum atomic E-state index is 12.6. The number of anilines is 1. The topological polar surface area (TPSA) is 71.0 Å². The van der Waals surface area contributed by atoms with Gasteiger partial charge in [-0.1, -0.05) is 36.4 Å². The summed E-state index contributed by atoms with van der Waals surface area (Å²) in [6.07, 6.45) is 0.615. The van der Waals surface area contributed by atoms with E-state index in [0.29, 0.717) is 25.3 Å². The average molecular weight is 379 g/mol. The highest BCUT2D eigenvalue weighted by Gasteiger charge is 2.26. The van der Waals surface area contributed by atoms with Gasteiger partial charge in [0.25, 0.3) is 5.91 Å². The molecule has 0 fully saturated rings. The molecular weight excluding hydrogens is 354 g/mol. The first-order chi connectivity index (χ1) is 13.5. The molecule has 0 saturated heterocycles. The number of hydrogen-bond acceptors (Lipinski definition) is 4. The first kappa shape index (κ1) is 19.8. The minimum absolute atomic E-state index is 0.0982. The largest absolute Gasteiger partial charge is 0.380 e. The molecule has 2 aromatic rings. The van der Waals surface area contributed by atoms with Crippen LogP contribution >= 0.6 is 0 Å². The van der Waals surface area contributed by atoms with Crippen LogP contribution in [0.25, 0.3) is 0 Å². The van der Waals surface area contributed by atoms with Crippen molar-refractivity contribution < 1.29 is 14.3 Å². The number of carbonyl (C=O) groups is 2. The molecule has 0 aliphatic carbocycles. The maximum absolute atomic E-state index is 12.6. The summed E-state index contributed by atoms with van der Waals surface area (Å²) in [4.78, 5) is 24.9. The standard InChI is InChI=1S/C22H25N3O3/c1-15-4-5-16(2)20(12-15)25-21(26)11-10-19(24-25)22(27)23-13-17-6-8-18(9-7-17)14-28-3/h4-9,12H,10-11,13-14H2,1-3H3,(H,23,27). The summed E-state index contributed by atoms with van der Waals surface area (Å²) >= 11 is 0. The minimum Gasteiger partial charge on any atom is -0.380 e. The Kier molecular flexibility index (Phi) is 6.21. The third-order valence-electron chi connectivity index (χ3n) is 4.67. The molecule has 0 unspecified atom stereocenters. The highest BCUT2D eigenvalue weighted by Crippen LogP contribution is 2.25. The number of nitrogens with zero attached hydrogens (tertiary/aromatic N) is 2. The zero-order valence-electron chi connectivity index (χ0n) is 16.5. The van der Waals surface area contributed by atoms with Gasteiger partial charge in [0.05, 0.1) is 12.3 Å². The third kappa shape index (κ3) is 4.64. The van der Waals surface area contributed by atoms with Crippen molar-refractivity contribution in [2.75, 3.05) is 12.1 Å². The summed E-state index contributed by atoms with van der Waals surface area (Å²) in [5.74, 6) is -0.345. The van der Waals surface area contributed by atoms with Crippen molar-refractivity contribution in [2.24, 2.45) is 5.10 Å². The monoisotopic (exact) mass is 379 g/mol. The molecule has 6 heteroatoms. The Bertz CT molecular complexity index is 904. The normalized spacial score (nSPS) is 14.0. The van der Waals surface area contributed by atoms with Gasteiger partial charge in [-0.05, 0) is 42.2 Å². The molecule has 0 aromatic heterocycles. The van der Waals surface area contributed by atoms with Crippen molar-refractivity contribution in [2.45, 2.75) is 39.8 Å². The quantitative estimate of drug-likeness (QED) is 0.837. The highest BCUT2D eigenvalue weighted by molar-refractivity contribution is 6.40. The van der Waals surface area contributed by atoms with Gasteiger partial charge in [-0.15, -0.1) is 0 Å². The predicted octanol–water partition coefficient (Wildman–Crippen LogP) is 3.25. The molecule has 0 spiro atoms. The fraction of sp³-hybridized carbons (Fsp3) is 0.318. The van der Waals surface area contributed by atoms with Crippen LogP contribution in [0.15, 0.2) is 47.6 Å². The number of ether oxygens (including phenoxy) is 1. The number of benzene rings is 2. The van der Waals surface area contributed by atoms with Crippen molar-refractivity contribution in [3.05, 3.63) is 64.7 Å². The third-order valence-corrected chi connectivity index (χ3v) is 4.67. The Balaban J connectivity index is 1.70. The van der Waals surface area contributed by atoms with Crippen LogP contribution in [-0.4, -0.2) is 24.6 Å². The van der Waals surface area contributed by atoms with Crippen molar-refractivity contribution >= 4 is 23.2 Å². The maximum Gasteiger partial charge on any atom is 0.267 e. The Morgan fingerprint density at radius 2 is 1.82 bits per heavy atom. The van der Waals surface area contributed by atoms with Gasteiger partial charge in [0, 0.05) is 26.5 Å². The SMILES string of the molecule is COCc1ccc(CNC(=O)C2=NN(c3cc(C)ccc3C)C(=O)CC2)cc1.